The van der Waals surface area contributed by atoms with Crippen LogP contribution < -0.4 is 4.74 Å². The van der Waals surface area contributed by atoms with Crippen LogP contribution in [0.2, 0.25) is 10.0 Å². The van der Waals surface area contributed by atoms with Crippen molar-refractivity contribution in [3.05, 3.63) is 57.8 Å². The Morgan fingerprint density at radius 3 is 2.25 bits per heavy atom. The fourth-order valence-electron chi connectivity index (χ4n) is 1.85. The van der Waals surface area contributed by atoms with Gasteiger partial charge in [0.1, 0.15) is 11.9 Å². The summed E-state index contributed by atoms with van der Waals surface area (Å²) in [4.78, 5) is 4.08. The third kappa shape index (κ3) is 3.85. The molecule has 106 valence electrons. The van der Waals surface area contributed by atoms with Crippen molar-refractivity contribution in [1.29, 1.82) is 0 Å². The van der Waals surface area contributed by atoms with Crippen molar-refractivity contribution in [2.45, 2.75) is 26.1 Å². The van der Waals surface area contributed by atoms with Gasteiger partial charge in [0.25, 0.3) is 0 Å². The summed E-state index contributed by atoms with van der Waals surface area (Å²) in [6, 6.07) is 6.73. The molecule has 1 N–H and O–H groups in total. The number of aliphatic hydroxyl groups is 1. The number of nitrogens with zero attached hydrogens (tertiary/aromatic N) is 1. The number of aliphatic hydroxyl groups excluding tert-OH is 1. The highest BCUT2D eigenvalue weighted by Gasteiger charge is 2.13. The molecule has 1 unspecified atom stereocenters. The lowest BCUT2D eigenvalue weighted by atomic mass is 10.0. The van der Waals surface area contributed by atoms with Gasteiger partial charge in [-0.1, -0.05) is 23.2 Å². The Hall–Kier alpha value is -1.29. The highest BCUT2D eigenvalue weighted by Crippen LogP contribution is 2.28. The molecule has 0 bridgehead atoms. The van der Waals surface area contributed by atoms with Crippen LogP contribution in [0.4, 0.5) is 0 Å². The molecule has 1 heterocycles. The third-order valence-corrected chi connectivity index (χ3v) is 3.06. The summed E-state index contributed by atoms with van der Waals surface area (Å²) in [5.41, 5.74) is 1.24. The average molecular weight is 312 g/mol. The second kappa shape index (κ2) is 6.44. The predicted molar refractivity (Wildman–Crippen MR) is 80.5 cm³/mol. The van der Waals surface area contributed by atoms with E-state index in [1.54, 1.807) is 36.7 Å². The van der Waals surface area contributed by atoms with Gasteiger partial charge in [0.05, 0.1) is 12.3 Å². The van der Waals surface area contributed by atoms with E-state index in [1.165, 1.54) is 0 Å². The Morgan fingerprint density at radius 1 is 1.00 bits per heavy atom. The highest BCUT2D eigenvalue weighted by atomic mass is 35.5. The molecule has 0 saturated heterocycles. The van der Waals surface area contributed by atoms with Crippen LogP contribution in [-0.4, -0.2) is 16.2 Å². The fraction of sp³-hybridized carbons (Fsp3) is 0.267. The lowest BCUT2D eigenvalue weighted by Gasteiger charge is -2.14. The molecular weight excluding hydrogens is 297 g/mol. The molecule has 0 aliphatic carbocycles. The molecule has 0 aliphatic heterocycles. The van der Waals surface area contributed by atoms with Crippen molar-refractivity contribution >= 4 is 23.2 Å². The lowest BCUT2D eigenvalue weighted by molar-refractivity contribution is 0.215. The van der Waals surface area contributed by atoms with Gasteiger partial charge in [-0.2, -0.15) is 0 Å². The number of halogens is 2. The Morgan fingerprint density at radius 2 is 1.65 bits per heavy atom. The normalized spacial score (nSPS) is 12.5. The minimum atomic E-state index is -0.852. The molecule has 20 heavy (non-hydrogen) atoms. The summed E-state index contributed by atoms with van der Waals surface area (Å²) in [5.74, 6) is 0.615. The SMILES string of the molecule is CC(C)Oc1cncc(C(O)c2cc(Cl)cc(Cl)c2)c1. The van der Waals surface area contributed by atoms with E-state index < -0.39 is 6.10 Å². The zero-order valence-corrected chi connectivity index (χ0v) is 12.7. The van der Waals surface area contributed by atoms with Gasteiger partial charge in [-0.15, -0.1) is 0 Å². The van der Waals surface area contributed by atoms with Crippen molar-refractivity contribution in [1.82, 2.24) is 4.98 Å². The van der Waals surface area contributed by atoms with Crippen LogP contribution in [0, 0.1) is 0 Å². The second-order valence-corrected chi connectivity index (χ2v) is 5.60. The first kappa shape index (κ1) is 15.1. The summed E-state index contributed by atoms with van der Waals surface area (Å²) < 4.78 is 5.56. The van der Waals surface area contributed by atoms with Gasteiger partial charge in [0, 0.05) is 21.8 Å². The van der Waals surface area contributed by atoms with E-state index in [1.807, 2.05) is 13.8 Å². The molecule has 1 aromatic carbocycles. The molecular formula is C15H15Cl2NO2. The van der Waals surface area contributed by atoms with Gasteiger partial charge in [0.2, 0.25) is 0 Å². The van der Waals surface area contributed by atoms with E-state index in [0.29, 0.717) is 26.9 Å². The quantitative estimate of drug-likeness (QED) is 0.917. The van der Waals surface area contributed by atoms with Crippen LogP contribution in [0.25, 0.3) is 0 Å². The number of benzene rings is 1. The summed E-state index contributed by atoms with van der Waals surface area (Å²) in [5, 5.41) is 11.3. The molecule has 3 nitrogen and oxygen atoms in total. The molecule has 0 fully saturated rings. The summed E-state index contributed by atoms with van der Waals surface area (Å²) in [6.45, 7) is 3.86. The smallest absolute Gasteiger partial charge is 0.138 e. The molecule has 0 amide bonds. The maximum Gasteiger partial charge on any atom is 0.138 e. The molecule has 0 aliphatic rings. The molecule has 1 atom stereocenters. The monoisotopic (exact) mass is 311 g/mol. The minimum absolute atomic E-state index is 0.0461. The van der Waals surface area contributed by atoms with Gasteiger partial charge in [-0.25, -0.2) is 0 Å². The van der Waals surface area contributed by atoms with Crippen LogP contribution >= 0.6 is 23.2 Å². The van der Waals surface area contributed by atoms with Gasteiger partial charge in [-0.3, -0.25) is 4.98 Å². The average Bonchev–Trinajstić information content (AvgIpc) is 2.36. The molecule has 1 aromatic heterocycles. The van der Waals surface area contributed by atoms with E-state index in [-0.39, 0.29) is 6.10 Å². The van der Waals surface area contributed by atoms with E-state index >= 15 is 0 Å². The maximum atomic E-state index is 10.4. The topological polar surface area (TPSA) is 42.4 Å². The number of rotatable bonds is 4. The third-order valence-electron chi connectivity index (χ3n) is 2.62. The second-order valence-electron chi connectivity index (χ2n) is 4.73. The summed E-state index contributed by atoms with van der Waals surface area (Å²) in [7, 11) is 0. The molecule has 0 spiro atoms. The zero-order valence-electron chi connectivity index (χ0n) is 11.2. The first-order valence-corrected chi connectivity index (χ1v) is 6.97. The number of hydrogen-bond acceptors (Lipinski definition) is 3. The van der Waals surface area contributed by atoms with Crippen molar-refractivity contribution in [3.8, 4) is 5.75 Å². The standard InChI is InChI=1S/C15H15Cl2NO2/c1-9(2)20-14-5-11(7-18-8-14)15(19)10-3-12(16)6-13(17)4-10/h3-9,15,19H,1-2H3. The van der Waals surface area contributed by atoms with Gasteiger partial charge in [0.15, 0.2) is 0 Å². The minimum Gasteiger partial charge on any atom is -0.489 e. The first-order valence-electron chi connectivity index (χ1n) is 6.21. The maximum absolute atomic E-state index is 10.4. The van der Waals surface area contributed by atoms with Crippen LogP contribution in [0.1, 0.15) is 31.1 Å². The van der Waals surface area contributed by atoms with Crippen LogP contribution in [0.15, 0.2) is 36.7 Å². The fourth-order valence-corrected chi connectivity index (χ4v) is 2.39. The highest BCUT2D eigenvalue weighted by molar-refractivity contribution is 6.34. The van der Waals surface area contributed by atoms with Gasteiger partial charge in [-0.05, 0) is 43.7 Å². The van der Waals surface area contributed by atoms with Crippen molar-refractivity contribution in [2.24, 2.45) is 0 Å². The van der Waals surface area contributed by atoms with Gasteiger partial charge < -0.3 is 9.84 Å². The Labute approximate surface area is 128 Å². The number of pyridine rings is 1. The molecule has 5 heteroatoms. The van der Waals surface area contributed by atoms with Crippen LogP contribution in [-0.2, 0) is 0 Å². The van der Waals surface area contributed by atoms with Gasteiger partial charge >= 0.3 is 0 Å². The Balaban J connectivity index is 2.30. The Kier molecular flexibility index (Phi) is 4.86. The van der Waals surface area contributed by atoms with E-state index in [2.05, 4.69) is 4.98 Å². The van der Waals surface area contributed by atoms with E-state index in [0.717, 1.165) is 0 Å². The summed E-state index contributed by atoms with van der Waals surface area (Å²) in [6.07, 6.45) is 2.40. The number of aromatic nitrogens is 1. The number of hydrogen-bond donors (Lipinski definition) is 1. The van der Waals surface area contributed by atoms with Crippen molar-refractivity contribution in [3.63, 3.8) is 0 Å². The molecule has 0 radical (unpaired) electrons. The summed E-state index contributed by atoms with van der Waals surface area (Å²) >= 11 is 11.9. The molecule has 2 rings (SSSR count). The lowest BCUT2D eigenvalue weighted by Crippen LogP contribution is -2.07. The van der Waals surface area contributed by atoms with E-state index in [4.69, 9.17) is 27.9 Å². The van der Waals surface area contributed by atoms with E-state index in [9.17, 15) is 5.11 Å². The Bertz CT molecular complexity index is 582. The van der Waals surface area contributed by atoms with Crippen molar-refractivity contribution in [2.75, 3.05) is 0 Å². The zero-order chi connectivity index (χ0) is 14.7. The number of ether oxygens (including phenoxy) is 1. The predicted octanol–water partition coefficient (Wildman–Crippen LogP) is 4.26. The van der Waals surface area contributed by atoms with Crippen LogP contribution in [0.5, 0.6) is 5.75 Å². The van der Waals surface area contributed by atoms with Crippen molar-refractivity contribution < 1.29 is 9.84 Å². The first-order chi connectivity index (χ1) is 9.45. The molecule has 0 saturated carbocycles. The molecule has 2 aromatic rings. The van der Waals surface area contributed by atoms with Crippen LogP contribution in [0.3, 0.4) is 0 Å². The largest absolute Gasteiger partial charge is 0.489 e.